The molecule has 0 aromatic heterocycles. The van der Waals surface area contributed by atoms with E-state index >= 15 is 0 Å². The maximum absolute atomic E-state index is 13.3. The lowest BCUT2D eigenvalue weighted by atomic mass is 9.83. The maximum atomic E-state index is 13.3. The van der Waals surface area contributed by atoms with Crippen LogP contribution < -0.4 is 5.32 Å². The van der Waals surface area contributed by atoms with Crippen molar-refractivity contribution in [2.75, 3.05) is 6.61 Å². The lowest BCUT2D eigenvalue weighted by molar-refractivity contribution is -0.140. The Kier molecular flexibility index (Phi) is 8.64. The van der Waals surface area contributed by atoms with Crippen molar-refractivity contribution < 1.29 is 19.1 Å². The number of rotatable bonds is 8. The van der Waals surface area contributed by atoms with E-state index in [-0.39, 0.29) is 37.4 Å². The van der Waals surface area contributed by atoms with Gasteiger partial charge in [-0.25, -0.2) is 4.79 Å². The maximum Gasteiger partial charge on any atom is 0.336 e. The van der Waals surface area contributed by atoms with Crippen LogP contribution in [0.4, 0.5) is 0 Å². The van der Waals surface area contributed by atoms with Gasteiger partial charge in [0.1, 0.15) is 0 Å². The molecule has 6 nitrogen and oxygen atoms in total. The van der Waals surface area contributed by atoms with E-state index in [1.54, 1.807) is 43.0 Å². The Bertz CT molecular complexity index is 1350. The van der Waals surface area contributed by atoms with Crippen LogP contribution in [0.5, 0.6) is 0 Å². The zero-order valence-corrected chi connectivity index (χ0v) is 22.5. The summed E-state index contributed by atoms with van der Waals surface area (Å²) < 4.78 is 5.36. The van der Waals surface area contributed by atoms with E-state index < -0.39 is 11.9 Å². The predicted molar refractivity (Wildman–Crippen MR) is 147 cm³/mol. The second-order valence-electron chi connectivity index (χ2n) is 9.31. The molecule has 2 amide bonds. The summed E-state index contributed by atoms with van der Waals surface area (Å²) in [6.07, 6.45) is 0.129. The highest BCUT2D eigenvalue weighted by atomic mass is 35.5. The van der Waals surface area contributed by atoms with Gasteiger partial charge in [0.25, 0.3) is 5.91 Å². The molecule has 2 unspecified atom stereocenters. The number of allylic oxidation sites excluding steroid dienone is 1. The summed E-state index contributed by atoms with van der Waals surface area (Å²) in [7, 11) is 0. The number of carbonyl (C=O) groups is 3. The molecule has 0 saturated heterocycles. The van der Waals surface area contributed by atoms with Gasteiger partial charge < -0.3 is 15.0 Å². The molecule has 0 bridgehead atoms. The molecule has 0 saturated carbocycles. The highest BCUT2D eigenvalue weighted by Crippen LogP contribution is 2.38. The summed E-state index contributed by atoms with van der Waals surface area (Å²) in [5.41, 5.74) is 4.21. The number of hydrogen-bond donors (Lipinski definition) is 1. The third-order valence-corrected chi connectivity index (χ3v) is 7.01. The number of benzene rings is 3. The first-order chi connectivity index (χ1) is 18.3. The molecular formula is C31H31ClN2O4. The number of amides is 2. The Morgan fingerprint density at radius 2 is 1.76 bits per heavy atom. The third kappa shape index (κ3) is 6.14. The van der Waals surface area contributed by atoms with Crippen molar-refractivity contribution in [3.8, 4) is 0 Å². The molecular weight excluding hydrogens is 500 g/mol. The molecule has 38 heavy (non-hydrogen) atoms. The van der Waals surface area contributed by atoms with Gasteiger partial charge in [-0.05, 0) is 61.7 Å². The normalized spacial score (nSPS) is 16.3. The quantitative estimate of drug-likeness (QED) is 0.353. The zero-order valence-electron chi connectivity index (χ0n) is 21.7. The minimum Gasteiger partial charge on any atom is -0.463 e. The van der Waals surface area contributed by atoms with Crippen LogP contribution in [0.3, 0.4) is 0 Å². The topological polar surface area (TPSA) is 75.7 Å². The van der Waals surface area contributed by atoms with E-state index in [9.17, 15) is 14.4 Å². The minimum absolute atomic E-state index is 0.0981. The molecule has 1 aliphatic heterocycles. The fourth-order valence-corrected chi connectivity index (χ4v) is 4.93. The largest absolute Gasteiger partial charge is 0.463 e. The van der Waals surface area contributed by atoms with E-state index in [2.05, 4.69) is 5.32 Å². The number of halogens is 1. The molecule has 3 aromatic carbocycles. The van der Waals surface area contributed by atoms with Gasteiger partial charge >= 0.3 is 5.97 Å². The molecule has 0 fully saturated rings. The van der Waals surface area contributed by atoms with Crippen molar-refractivity contribution in [1.82, 2.24) is 10.2 Å². The van der Waals surface area contributed by atoms with Crippen LogP contribution in [0, 0.1) is 0 Å². The standard InChI is InChI=1S/C31H31ClN2O4/c1-4-38-31(37)29-21(3)34(28(35)18-27(29)25-11-8-12-26(32)17-25)19-22-13-15-24(16-14-22)30(36)33-20(2)23-9-6-5-7-10-23/h5-17,20,27H,4,18-19H2,1-3H3,(H,33,36). The van der Waals surface area contributed by atoms with Gasteiger partial charge in [-0.2, -0.15) is 0 Å². The van der Waals surface area contributed by atoms with Crippen LogP contribution in [0.1, 0.15) is 66.2 Å². The molecule has 1 heterocycles. The highest BCUT2D eigenvalue weighted by molar-refractivity contribution is 6.30. The van der Waals surface area contributed by atoms with Gasteiger partial charge in [0, 0.05) is 28.6 Å². The van der Waals surface area contributed by atoms with Gasteiger partial charge in [0.2, 0.25) is 5.91 Å². The predicted octanol–water partition coefficient (Wildman–Crippen LogP) is 6.18. The van der Waals surface area contributed by atoms with Crippen molar-refractivity contribution in [1.29, 1.82) is 0 Å². The second-order valence-corrected chi connectivity index (χ2v) is 9.75. The van der Waals surface area contributed by atoms with E-state index in [4.69, 9.17) is 16.3 Å². The summed E-state index contributed by atoms with van der Waals surface area (Å²) in [4.78, 5) is 40.6. The van der Waals surface area contributed by atoms with E-state index in [1.807, 2.05) is 61.5 Å². The summed E-state index contributed by atoms with van der Waals surface area (Å²) in [6.45, 7) is 5.98. The van der Waals surface area contributed by atoms with E-state index in [1.165, 1.54) is 0 Å². The Balaban J connectivity index is 1.54. The zero-order chi connectivity index (χ0) is 27.2. The van der Waals surface area contributed by atoms with Crippen LogP contribution >= 0.6 is 11.6 Å². The number of nitrogens with zero attached hydrogens (tertiary/aromatic N) is 1. The summed E-state index contributed by atoms with van der Waals surface area (Å²) in [6, 6.07) is 24.0. The Morgan fingerprint density at radius 3 is 2.42 bits per heavy atom. The van der Waals surface area contributed by atoms with Crippen molar-refractivity contribution in [2.24, 2.45) is 0 Å². The van der Waals surface area contributed by atoms with Gasteiger partial charge in [-0.3, -0.25) is 9.59 Å². The van der Waals surface area contributed by atoms with Crippen molar-refractivity contribution >= 4 is 29.4 Å². The monoisotopic (exact) mass is 530 g/mol. The van der Waals surface area contributed by atoms with Gasteiger partial charge in [-0.1, -0.05) is 66.2 Å². The smallest absolute Gasteiger partial charge is 0.336 e. The van der Waals surface area contributed by atoms with E-state index in [0.29, 0.717) is 21.9 Å². The molecule has 196 valence electrons. The molecule has 1 aliphatic rings. The fraction of sp³-hybridized carbons (Fsp3) is 0.258. The summed E-state index contributed by atoms with van der Waals surface area (Å²) in [5, 5.41) is 3.55. The average molecular weight is 531 g/mol. The SMILES string of the molecule is CCOC(=O)C1=C(C)N(Cc2ccc(C(=O)NC(C)c3ccccc3)cc2)C(=O)CC1c1cccc(Cl)c1. The Labute approximate surface area is 228 Å². The Hall–Kier alpha value is -3.90. The lowest BCUT2D eigenvalue weighted by Gasteiger charge is -2.34. The molecule has 7 heteroatoms. The van der Waals surface area contributed by atoms with Crippen LogP contribution in [0.15, 0.2) is 90.1 Å². The van der Waals surface area contributed by atoms with Crippen molar-refractivity contribution in [2.45, 2.75) is 45.7 Å². The van der Waals surface area contributed by atoms with E-state index in [0.717, 1.165) is 16.7 Å². The molecule has 4 rings (SSSR count). The lowest BCUT2D eigenvalue weighted by Crippen LogP contribution is -2.38. The van der Waals surface area contributed by atoms with Crippen molar-refractivity contribution in [3.63, 3.8) is 0 Å². The first-order valence-corrected chi connectivity index (χ1v) is 13.0. The molecule has 0 aliphatic carbocycles. The number of carbonyl (C=O) groups excluding carboxylic acids is 3. The summed E-state index contributed by atoms with van der Waals surface area (Å²) >= 11 is 6.20. The molecule has 0 radical (unpaired) electrons. The van der Waals surface area contributed by atoms with Crippen LogP contribution in [0.2, 0.25) is 5.02 Å². The first kappa shape index (κ1) is 27.1. The fourth-order valence-electron chi connectivity index (χ4n) is 4.73. The summed E-state index contributed by atoms with van der Waals surface area (Å²) in [5.74, 6) is -1.15. The molecule has 1 N–H and O–H groups in total. The number of hydrogen-bond acceptors (Lipinski definition) is 4. The van der Waals surface area contributed by atoms with Gasteiger partial charge in [0.05, 0.1) is 24.8 Å². The average Bonchev–Trinajstić information content (AvgIpc) is 2.91. The highest BCUT2D eigenvalue weighted by Gasteiger charge is 2.37. The molecule has 2 atom stereocenters. The van der Waals surface area contributed by atoms with Crippen LogP contribution in [-0.4, -0.2) is 29.3 Å². The second kappa shape index (κ2) is 12.1. The van der Waals surface area contributed by atoms with Crippen molar-refractivity contribution in [3.05, 3.63) is 117 Å². The Morgan fingerprint density at radius 1 is 1.05 bits per heavy atom. The van der Waals surface area contributed by atoms with Gasteiger partial charge in [-0.15, -0.1) is 0 Å². The first-order valence-electron chi connectivity index (χ1n) is 12.7. The van der Waals surface area contributed by atoms with Gasteiger partial charge in [0.15, 0.2) is 0 Å². The van der Waals surface area contributed by atoms with Crippen LogP contribution in [0.25, 0.3) is 0 Å². The third-order valence-electron chi connectivity index (χ3n) is 6.77. The molecule has 3 aromatic rings. The van der Waals surface area contributed by atoms with Crippen LogP contribution in [-0.2, 0) is 20.9 Å². The number of nitrogens with one attached hydrogen (secondary N) is 1. The number of ether oxygens (including phenoxy) is 1. The minimum atomic E-state index is -0.438. The molecule has 0 spiro atoms. The number of esters is 1.